The maximum absolute atomic E-state index is 6.38. The lowest BCUT2D eigenvalue weighted by molar-refractivity contribution is 0.310. The van der Waals surface area contributed by atoms with Crippen molar-refractivity contribution in [3.63, 3.8) is 0 Å². The zero-order chi connectivity index (χ0) is 20.2. The SMILES string of the molecule is c1ccc(COc2c(-c3cccnc3)cc(-c3cccnc3)c3cccnc23)cc1. The molecule has 0 aliphatic carbocycles. The van der Waals surface area contributed by atoms with Crippen molar-refractivity contribution in [2.45, 2.75) is 6.61 Å². The normalized spacial score (nSPS) is 10.8. The minimum atomic E-state index is 0.464. The third-order valence-electron chi connectivity index (χ3n) is 5.02. The molecule has 0 atom stereocenters. The van der Waals surface area contributed by atoms with Gasteiger partial charge in [-0.1, -0.05) is 48.5 Å². The van der Waals surface area contributed by atoms with E-state index in [1.54, 1.807) is 18.6 Å². The van der Waals surface area contributed by atoms with Crippen LogP contribution in [0.5, 0.6) is 5.75 Å². The number of ether oxygens (including phenoxy) is 1. The average molecular weight is 389 g/mol. The highest BCUT2D eigenvalue weighted by atomic mass is 16.5. The van der Waals surface area contributed by atoms with E-state index in [9.17, 15) is 0 Å². The molecule has 30 heavy (non-hydrogen) atoms. The number of nitrogens with zero attached hydrogens (tertiary/aromatic N) is 3. The van der Waals surface area contributed by atoms with E-state index in [4.69, 9.17) is 9.72 Å². The van der Waals surface area contributed by atoms with Crippen molar-refractivity contribution in [3.05, 3.63) is 109 Å². The van der Waals surface area contributed by atoms with Crippen LogP contribution in [-0.4, -0.2) is 15.0 Å². The van der Waals surface area contributed by atoms with E-state index in [1.165, 1.54) is 0 Å². The Morgan fingerprint density at radius 3 is 2.07 bits per heavy atom. The molecule has 0 amide bonds. The fourth-order valence-corrected chi connectivity index (χ4v) is 3.59. The van der Waals surface area contributed by atoms with Crippen molar-refractivity contribution in [2.24, 2.45) is 0 Å². The Morgan fingerprint density at radius 1 is 0.667 bits per heavy atom. The number of benzene rings is 2. The summed E-state index contributed by atoms with van der Waals surface area (Å²) in [5.41, 5.74) is 5.98. The molecule has 0 aliphatic rings. The molecule has 4 heteroatoms. The Kier molecular flexibility index (Phi) is 4.88. The quantitative estimate of drug-likeness (QED) is 0.373. The van der Waals surface area contributed by atoms with Crippen molar-refractivity contribution in [3.8, 4) is 28.0 Å². The van der Waals surface area contributed by atoms with Crippen molar-refractivity contribution >= 4 is 10.9 Å². The standard InChI is InChI=1S/C26H19N3O/c1-2-7-19(8-3-1)18-30-26-24(21-10-5-13-28-17-21)15-23(20-9-4-12-27-16-20)22-11-6-14-29-25(22)26/h1-17H,18H2. The molecule has 0 saturated heterocycles. The molecule has 3 aromatic heterocycles. The summed E-state index contributed by atoms with van der Waals surface area (Å²) in [7, 11) is 0. The first kappa shape index (κ1) is 18.0. The van der Waals surface area contributed by atoms with Gasteiger partial charge in [-0.15, -0.1) is 0 Å². The fraction of sp³-hybridized carbons (Fsp3) is 0.0385. The van der Waals surface area contributed by atoms with Crippen LogP contribution in [0.25, 0.3) is 33.2 Å². The van der Waals surface area contributed by atoms with Crippen LogP contribution in [0.3, 0.4) is 0 Å². The summed E-state index contributed by atoms with van der Waals surface area (Å²) in [6, 6.07) is 24.3. The predicted molar refractivity (Wildman–Crippen MR) is 119 cm³/mol. The zero-order valence-corrected chi connectivity index (χ0v) is 16.3. The van der Waals surface area contributed by atoms with Gasteiger partial charge in [0.25, 0.3) is 0 Å². The molecule has 144 valence electrons. The van der Waals surface area contributed by atoms with Gasteiger partial charge in [0.15, 0.2) is 5.75 Å². The van der Waals surface area contributed by atoms with Gasteiger partial charge in [0.2, 0.25) is 0 Å². The lowest BCUT2D eigenvalue weighted by Gasteiger charge is -2.17. The second-order valence-electron chi connectivity index (χ2n) is 6.96. The van der Waals surface area contributed by atoms with E-state index >= 15 is 0 Å². The van der Waals surface area contributed by atoms with Gasteiger partial charge in [-0.2, -0.15) is 0 Å². The summed E-state index contributed by atoms with van der Waals surface area (Å²) in [6.45, 7) is 0.464. The molecule has 0 bridgehead atoms. The van der Waals surface area contributed by atoms with E-state index < -0.39 is 0 Å². The summed E-state index contributed by atoms with van der Waals surface area (Å²) < 4.78 is 6.38. The smallest absolute Gasteiger partial charge is 0.153 e. The molecule has 4 nitrogen and oxygen atoms in total. The molecule has 3 heterocycles. The number of fused-ring (bicyclic) bond motifs is 1. The highest BCUT2D eigenvalue weighted by molar-refractivity contribution is 6.02. The molecule has 2 aromatic carbocycles. The lowest BCUT2D eigenvalue weighted by atomic mass is 9.95. The van der Waals surface area contributed by atoms with E-state index in [1.807, 2.05) is 54.9 Å². The Morgan fingerprint density at radius 2 is 1.37 bits per heavy atom. The molecule has 0 spiro atoms. The van der Waals surface area contributed by atoms with Crippen LogP contribution < -0.4 is 4.74 Å². The van der Waals surface area contributed by atoms with E-state index in [0.29, 0.717) is 6.61 Å². The number of hydrogen-bond donors (Lipinski definition) is 0. The average Bonchev–Trinajstić information content (AvgIpc) is 2.84. The Bertz CT molecular complexity index is 1270. The second kappa shape index (κ2) is 8.13. The summed E-state index contributed by atoms with van der Waals surface area (Å²) in [5.74, 6) is 0.759. The summed E-state index contributed by atoms with van der Waals surface area (Å²) >= 11 is 0. The van der Waals surface area contributed by atoms with Crippen LogP contribution in [0.15, 0.2) is 104 Å². The van der Waals surface area contributed by atoms with Crippen molar-refractivity contribution in [1.29, 1.82) is 0 Å². The molecule has 0 radical (unpaired) electrons. The highest BCUT2D eigenvalue weighted by Gasteiger charge is 2.17. The van der Waals surface area contributed by atoms with Gasteiger partial charge in [-0.3, -0.25) is 15.0 Å². The molecule has 0 N–H and O–H groups in total. The number of pyridine rings is 3. The second-order valence-corrected chi connectivity index (χ2v) is 6.96. The molecule has 0 aliphatic heterocycles. The maximum Gasteiger partial charge on any atom is 0.153 e. The number of hydrogen-bond acceptors (Lipinski definition) is 4. The fourth-order valence-electron chi connectivity index (χ4n) is 3.59. The van der Waals surface area contributed by atoms with Crippen LogP contribution in [0, 0.1) is 0 Å². The van der Waals surface area contributed by atoms with Gasteiger partial charge < -0.3 is 4.74 Å². The Balaban J connectivity index is 1.73. The van der Waals surface area contributed by atoms with Gasteiger partial charge in [0.1, 0.15) is 12.1 Å². The Hall–Kier alpha value is -4.05. The van der Waals surface area contributed by atoms with Crippen LogP contribution >= 0.6 is 0 Å². The topological polar surface area (TPSA) is 47.9 Å². The van der Waals surface area contributed by atoms with E-state index in [2.05, 4.69) is 40.3 Å². The predicted octanol–water partition coefficient (Wildman–Crippen LogP) is 5.94. The van der Waals surface area contributed by atoms with Crippen molar-refractivity contribution in [1.82, 2.24) is 15.0 Å². The summed E-state index contributed by atoms with van der Waals surface area (Å²) in [5, 5.41) is 1.03. The summed E-state index contributed by atoms with van der Waals surface area (Å²) in [4.78, 5) is 13.3. The molecule has 5 rings (SSSR count). The van der Waals surface area contributed by atoms with Gasteiger partial charge in [-0.05, 0) is 35.4 Å². The molecule has 0 saturated carbocycles. The van der Waals surface area contributed by atoms with E-state index in [-0.39, 0.29) is 0 Å². The van der Waals surface area contributed by atoms with Crippen LogP contribution in [-0.2, 0) is 6.61 Å². The summed E-state index contributed by atoms with van der Waals surface area (Å²) in [6.07, 6.45) is 9.09. The molecular formula is C26H19N3O. The monoisotopic (exact) mass is 389 g/mol. The van der Waals surface area contributed by atoms with Crippen molar-refractivity contribution in [2.75, 3.05) is 0 Å². The third kappa shape index (κ3) is 3.51. The molecular weight excluding hydrogens is 370 g/mol. The molecule has 0 unspecified atom stereocenters. The minimum absolute atomic E-state index is 0.464. The van der Waals surface area contributed by atoms with Crippen LogP contribution in [0.1, 0.15) is 5.56 Å². The molecule has 0 fully saturated rings. The Labute approximate surface area is 174 Å². The van der Waals surface area contributed by atoms with Gasteiger partial charge >= 0.3 is 0 Å². The maximum atomic E-state index is 6.38. The van der Waals surface area contributed by atoms with Gasteiger partial charge in [0.05, 0.1) is 0 Å². The third-order valence-corrected chi connectivity index (χ3v) is 5.02. The lowest BCUT2D eigenvalue weighted by Crippen LogP contribution is -2.00. The number of aromatic nitrogens is 3. The first-order valence-electron chi connectivity index (χ1n) is 9.79. The number of rotatable bonds is 5. The highest BCUT2D eigenvalue weighted by Crippen LogP contribution is 2.41. The van der Waals surface area contributed by atoms with Crippen molar-refractivity contribution < 1.29 is 4.74 Å². The van der Waals surface area contributed by atoms with Gasteiger partial charge in [-0.25, -0.2) is 0 Å². The van der Waals surface area contributed by atoms with Gasteiger partial charge in [0, 0.05) is 53.1 Å². The first-order valence-corrected chi connectivity index (χ1v) is 9.79. The van der Waals surface area contributed by atoms with Crippen LogP contribution in [0.4, 0.5) is 0 Å². The minimum Gasteiger partial charge on any atom is -0.486 e. The molecule has 5 aromatic rings. The van der Waals surface area contributed by atoms with Crippen LogP contribution in [0.2, 0.25) is 0 Å². The van der Waals surface area contributed by atoms with E-state index in [0.717, 1.165) is 44.5 Å². The first-order chi connectivity index (χ1) is 14.9. The zero-order valence-electron chi connectivity index (χ0n) is 16.3. The largest absolute Gasteiger partial charge is 0.486 e.